The highest BCUT2D eigenvalue weighted by atomic mass is 19.1. The maximum Gasteiger partial charge on any atom is 0.228 e. The summed E-state index contributed by atoms with van der Waals surface area (Å²) in [5.41, 5.74) is 6.97. The Morgan fingerprint density at radius 1 is 1.07 bits per heavy atom. The lowest BCUT2D eigenvalue weighted by Gasteiger charge is -2.37. The van der Waals surface area contributed by atoms with Gasteiger partial charge >= 0.3 is 0 Å². The van der Waals surface area contributed by atoms with Gasteiger partial charge in [-0.05, 0) is 13.8 Å². The number of hydrogen-bond acceptors (Lipinski definition) is 9. The summed E-state index contributed by atoms with van der Waals surface area (Å²) in [6.07, 6.45) is 1.53. The molecule has 0 unspecified atom stereocenters. The van der Waals surface area contributed by atoms with E-state index in [-0.39, 0.29) is 23.7 Å². The Morgan fingerprint density at radius 2 is 1.76 bits per heavy atom. The summed E-state index contributed by atoms with van der Waals surface area (Å²) in [6, 6.07) is 2.17. The molecule has 9 nitrogen and oxygen atoms in total. The van der Waals surface area contributed by atoms with Crippen LogP contribution in [-0.2, 0) is 16.1 Å². The van der Waals surface area contributed by atoms with E-state index < -0.39 is 6.67 Å². The molecule has 2 N–H and O–H groups in total. The third kappa shape index (κ3) is 4.08. The van der Waals surface area contributed by atoms with Crippen LogP contribution in [0.15, 0.2) is 12.3 Å². The van der Waals surface area contributed by atoms with E-state index in [1.165, 1.54) is 6.20 Å². The number of nitrogens with zero attached hydrogens (tertiary/aromatic N) is 6. The van der Waals surface area contributed by atoms with E-state index in [2.05, 4.69) is 33.6 Å². The number of hydrogen-bond donors (Lipinski definition) is 1. The first kappa shape index (κ1) is 19.7. The Kier molecular flexibility index (Phi) is 5.72. The lowest BCUT2D eigenvalue weighted by Crippen LogP contribution is -2.46. The molecule has 4 heterocycles. The number of nitrogens with two attached hydrogens (primary N) is 1. The first-order valence-corrected chi connectivity index (χ1v) is 9.82. The molecular weight excluding hydrogens is 377 g/mol. The molecule has 2 fully saturated rings. The Hall–Kier alpha value is -2.59. The molecular formula is C19H26FN7O2. The number of ether oxygens (including phenoxy) is 2. The highest BCUT2D eigenvalue weighted by molar-refractivity contribution is 5.67. The van der Waals surface area contributed by atoms with E-state index in [1.54, 1.807) is 0 Å². The van der Waals surface area contributed by atoms with Gasteiger partial charge in [0.2, 0.25) is 11.9 Å². The van der Waals surface area contributed by atoms with Crippen LogP contribution in [-0.4, -0.2) is 71.5 Å². The average Bonchev–Trinajstić information content (AvgIpc) is 2.74. The largest absolute Gasteiger partial charge is 0.377 e. The molecule has 0 bridgehead atoms. The van der Waals surface area contributed by atoms with Gasteiger partial charge in [0.1, 0.15) is 12.5 Å². The fourth-order valence-electron chi connectivity index (χ4n) is 3.68. The Balaban J connectivity index is 1.82. The zero-order valence-corrected chi connectivity index (χ0v) is 16.7. The Morgan fingerprint density at radius 3 is 2.41 bits per heavy atom. The SMILES string of the molecule is C[C@H]1COCCN1c1cc(-c2cnc(N)nc2CF)nc(N2CCOC[C@@H]2C)n1. The van der Waals surface area contributed by atoms with Gasteiger partial charge in [0.25, 0.3) is 0 Å². The third-order valence-corrected chi connectivity index (χ3v) is 5.28. The number of alkyl halides is 1. The minimum absolute atomic E-state index is 0.0412. The quantitative estimate of drug-likeness (QED) is 0.812. The van der Waals surface area contributed by atoms with Crippen LogP contribution < -0.4 is 15.5 Å². The van der Waals surface area contributed by atoms with E-state index in [9.17, 15) is 4.39 Å². The predicted molar refractivity (Wildman–Crippen MR) is 108 cm³/mol. The van der Waals surface area contributed by atoms with E-state index in [0.29, 0.717) is 50.2 Å². The number of morpholine rings is 2. The van der Waals surface area contributed by atoms with Crippen molar-refractivity contribution in [2.75, 3.05) is 55.1 Å². The summed E-state index contributed by atoms with van der Waals surface area (Å²) >= 11 is 0. The zero-order chi connectivity index (χ0) is 20.4. The Bertz CT molecular complexity index is 828. The number of rotatable bonds is 4. The van der Waals surface area contributed by atoms with Gasteiger partial charge in [0.15, 0.2) is 0 Å². The third-order valence-electron chi connectivity index (χ3n) is 5.28. The second-order valence-electron chi connectivity index (χ2n) is 7.37. The van der Waals surface area contributed by atoms with E-state index in [4.69, 9.17) is 25.2 Å². The number of halogens is 1. The van der Waals surface area contributed by atoms with Crippen LogP contribution in [0.5, 0.6) is 0 Å². The van der Waals surface area contributed by atoms with Crippen LogP contribution in [0.3, 0.4) is 0 Å². The fourth-order valence-corrected chi connectivity index (χ4v) is 3.68. The summed E-state index contributed by atoms with van der Waals surface area (Å²) in [7, 11) is 0. The Labute approximate surface area is 169 Å². The molecule has 2 aliphatic rings. The molecule has 0 saturated carbocycles. The molecule has 2 aromatic rings. The van der Waals surface area contributed by atoms with E-state index in [0.717, 1.165) is 12.4 Å². The highest BCUT2D eigenvalue weighted by Gasteiger charge is 2.26. The normalized spacial score (nSPS) is 22.7. The highest BCUT2D eigenvalue weighted by Crippen LogP contribution is 2.29. The lowest BCUT2D eigenvalue weighted by molar-refractivity contribution is 0.0972. The van der Waals surface area contributed by atoms with Crippen molar-refractivity contribution < 1.29 is 13.9 Å². The van der Waals surface area contributed by atoms with Crippen LogP contribution in [0.25, 0.3) is 11.3 Å². The van der Waals surface area contributed by atoms with Crippen molar-refractivity contribution in [2.45, 2.75) is 32.6 Å². The summed E-state index contributed by atoms with van der Waals surface area (Å²) < 4.78 is 24.8. The van der Waals surface area contributed by atoms with Gasteiger partial charge in [-0.15, -0.1) is 0 Å². The van der Waals surface area contributed by atoms with Crippen molar-refractivity contribution in [3.8, 4) is 11.3 Å². The van der Waals surface area contributed by atoms with Gasteiger partial charge in [0, 0.05) is 30.9 Å². The van der Waals surface area contributed by atoms with Crippen molar-refractivity contribution in [1.82, 2.24) is 19.9 Å². The first-order valence-electron chi connectivity index (χ1n) is 9.82. The smallest absolute Gasteiger partial charge is 0.228 e. The summed E-state index contributed by atoms with van der Waals surface area (Å²) in [5.74, 6) is 1.41. The van der Waals surface area contributed by atoms with E-state index >= 15 is 0 Å². The van der Waals surface area contributed by atoms with Gasteiger partial charge in [-0.1, -0.05) is 0 Å². The number of anilines is 3. The summed E-state index contributed by atoms with van der Waals surface area (Å²) in [5, 5.41) is 0. The van der Waals surface area contributed by atoms with Crippen LogP contribution in [0.4, 0.5) is 22.1 Å². The molecule has 2 saturated heterocycles. The topological polar surface area (TPSA) is 103 Å². The van der Waals surface area contributed by atoms with Gasteiger partial charge in [-0.3, -0.25) is 0 Å². The fraction of sp³-hybridized carbons (Fsp3) is 0.579. The second-order valence-corrected chi connectivity index (χ2v) is 7.37. The molecule has 2 aromatic heterocycles. The molecule has 4 rings (SSSR count). The van der Waals surface area contributed by atoms with Crippen LogP contribution in [0, 0.1) is 0 Å². The molecule has 2 atom stereocenters. The van der Waals surface area contributed by atoms with Gasteiger partial charge in [-0.25, -0.2) is 19.3 Å². The zero-order valence-electron chi connectivity index (χ0n) is 16.7. The van der Waals surface area contributed by atoms with Gasteiger partial charge in [-0.2, -0.15) is 4.98 Å². The van der Waals surface area contributed by atoms with Crippen molar-refractivity contribution in [3.05, 3.63) is 18.0 Å². The molecule has 0 aliphatic carbocycles. The number of aromatic nitrogens is 4. The van der Waals surface area contributed by atoms with Crippen molar-refractivity contribution >= 4 is 17.7 Å². The molecule has 10 heteroatoms. The molecule has 2 aliphatic heterocycles. The minimum Gasteiger partial charge on any atom is -0.377 e. The molecule has 29 heavy (non-hydrogen) atoms. The van der Waals surface area contributed by atoms with Crippen LogP contribution in [0.2, 0.25) is 0 Å². The molecule has 0 amide bonds. The number of nitrogen functional groups attached to an aromatic ring is 1. The predicted octanol–water partition coefficient (Wildman–Crippen LogP) is 1.44. The van der Waals surface area contributed by atoms with Crippen molar-refractivity contribution in [1.29, 1.82) is 0 Å². The summed E-state index contributed by atoms with van der Waals surface area (Å²) in [6.45, 7) is 7.32. The molecule has 0 radical (unpaired) electrons. The van der Waals surface area contributed by atoms with Crippen LogP contribution in [0.1, 0.15) is 19.5 Å². The minimum atomic E-state index is -0.751. The second kappa shape index (κ2) is 8.42. The van der Waals surface area contributed by atoms with Gasteiger partial charge in [0.05, 0.1) is 49.9 Å². The molecule has 0 spiro atoms. The summed E-state index contributed by atoms with van der Waals surface area (Å²) in [4.78, 5) is 22.0. The van der Waals surface area contributed by atoms with Crippen LogP contribution >= 0.6 is 0 Å². The molecule has 156 valence electrons. The first-order chi connectivity index (χ1) is 14.1. The maximum atomic E-state index is 13.6. The van der Waals surface area contributed by atoms with Crippen molar-refractivity contribution in [3.63, 3.8) is 0 Å². The lowest BCUT2D eigenvalue weighted by atomic mass is 10.1. The molecule has 0 aromatic carbocycles. The average molecular weight is 403 g/mol. The van der Waals surface area contributed by atoms with E-state index in [1.807, 2.05) is 6.07 Å². The van der Waals surface area contributed by atoms with Gasteiger partial charge < -0.3 is 25.0 Å². The maximum absolute atomic E-state index is 13.6. The van der Waals surface area contributed by atoms with Crippen molar-refractivity contribution in [2.24, 2.45) is 0 Å². The standard InChI is InChI=1S/C19H26FN7O2/c1-12-10-28-5-3-26(12)17-7-15(14-9-22-18(21)23-16(14)8-20)24-19(25-17)27-4-6-29-11-13(27)2/h7,9,12-13H,3-6,8,10-11H2,1-2H3,(H2,21,22,23)/t12-,13-/m0/s1. The monoisotopic (exact) mass is 403 g/mol.